The number of hydrogen-bond acceptors (Lipinski definition) is 5. The van der Waals surface area contributed by atoms with Crippen LogP contribution < -0.4 is 5.32 Å². The summed E-state index contributed by atoms with van der Waals surface area (Å²) >= 11 is 0. The third kappa shape index (κ3) is 5.08. The highest BCUT2D eigenvalue weighted by Crippen LogP contribution is 2.37. The second-order valence-electron chi connectivity index (χ2n) is 9.29. The SMILES string of the molecule is CC(C)NC(=O)[C@@H]1CN2CC[C@H]1C[C@@H]2Cn1cc(CN(C)Cc2ccccc2)nn1. The maximum absolute atomic E-state index is 12.5. The molecule has 7 nitrogen and oxygen atoms in total. The van der Waals surface area contributed by atoms with E-state index in [4.69, 9.17) is 0 Å². The molecule has 0 saturated carbocycles. The molecule has 2 bridgehead atoms. The summed E-state index contributed by atoms with van der Waals surface area (Å²) in [4.78, 5) is 17.3. The summed E-state index contributed by atoms with van der Waals surface area (Å²) in [5.41, 5.74) is 2.30. The minimum Gasteiger partial charge on any atom is -0.354 e. The number of rotatable bonds is 8. The second-order valence-corrected chi connectivity index (χ2v) is 9.29. The lowest BCUT2D eigenvalue weighted by Crippen LogP contribution is -2.58. The van der Waals surface area contributed by atoms with Crippen molar-refractivity contribution in [3.8, 4) is 0 Å². The first-order chi connectivity index (χ1) is 14.5. The lowest BCUT2D eigenvalue weighted by atomic mass is 9.75. The Morgan fingerprint density at radius 2 is 2.07 bits per heavy atom. The Labute approximate surface area is 179 Å². The predicted molar refractivity (Wildman–Crippen MR) is 116 cm³/mol. The van der Waals surface area contributed by atoms with Gasteiger partial charge in [0.15, 0.2) is 0 Å². The minimum atomic E-state index is 0.135. The van der Waals surface area contributed by atoms with Crippen molar-refractivity contribution in [2.45, 2.75) is 58.4 Å². The van der Waals surface area contributed by atoms with Crippen molar-refractivity contribution >= 4 is 5.91 Å². The lowest BCUT2D eigenvalue weighted by molar-refractivity contribution is -0.133. The molecule has 1 N–H and O–H groups in total. The average molecular weight is 411 g/mol. The number of piperidine rings is 3. The molecule has 5 rings (SSSR count). The van der Waals surface area contributed by atoms with Gasteiger partial charge in [0, 0.05) is 37.9 Å². The summed E-state index contributed by atoms with van der Waals surface area (Å²) in [5.74, 6) is 0.844. The first-order valence-corrected chi connectivity index (χ1v) is 11.1. The van der Waals surface area contributed by atoms with E-state index in [0.717, 1.165) is 51.3 Å². The van der Waals surface area contributed by atoms with E-state index in [2.05, 4.69) is 62.9 Å². The Hall–Kier alpha value is -2.25. The second kappa shape index (κ2) is 9.27. The molecular formula is C23H34N6O. The molecule has 3 saturated heterocycles. The zero-order chi connectivity index (χ0) is 21.1. The van der Waals surface area contributed by atoms with E-state index in [9.17, 15) is 4.79 Å². The van der Waals surface area contributed by atoms with Gasteiger partial charge in [0.25, 0.3) is 0 Å². The third-order valence-electron chi connectivity index (χ3n) is 6.36. The lowest BCUT2D eigenvalue weighted by Gasteiger charge is -2.49. The molecular weight excluding hydrogens is 376 g/mol. The number of fused-ring (bicyclic) bond motifs is 3. The van der Waals surface area contributed by atoms with Crippen LogP contribution in [0.1, 0.15) is 37.9 Å². The maximum atomic E-state index is 12.5. The molecule has 0 aliphatic carbocycles. The summed E-state index contributed by atoms with van der Waals surface area (Å²) in [6.07, 6.45) is 4.27. The van der Waals surface area contributed by atoms with Crippen LogP contribution in [-0.4, -0.2) is 62.9 Å². The van der Waals surface area contributed by atoms with Crippen LogP contribution in [0.25, 0.3) is 0 Å². The van der Waals surface area contributed by atoms with Crippen LogP contribution >= 0.6 is 0 Å². The van der Waals surface area contributed by atoms with E-state index in [-0.39, 0.29) is 17.9 Å². The first-order valence-electron chi connectivity index (χ1n) is 11.1. The molecule has 4 atom stereocenters. The summed E-state index contributed by atoms with van der Waals surface area (Å²) in [6, 6.07) is 11.1. The Balaban J connectivity index is 1.30. The van der Waals surface area contributed by atoms with Crippen LogP contribution in [0, 0.1) is 11.8 Å². The molecule has 4 heterocycles. The number of nitrogens with one attached hydrogen (secondary N) is 1. The average Bonchev–Trinajstić information content (AvgIpc) is 3.15. The normalized spacial score (nSPS) is 25.8. The Morgan fingerprint density at radius 1 is 1.27 bits per heavy atom. The van der Waals surface area contributed by atoms with Crippen molar-refractivity contribution in [3.05, 3.63) is 47.8 Å². The fourth-order valence-corrected chi connectivity index (χ4v) is 4.96. The van der Waals surface area contributed by atoms with Crippen molar-refractivity contribution in [2.24, 2.45) is 11.8 Å². The van der Waals surface area contributed by atoms with Crippen molar-refractivity contribution in [1.82, 2.24) is 30.1 Å². The van der Waals surface area contributed by atoms with Gasteiger partial charge in [0.2, 0.25) is 5.91 Å². The smallest absolute Gasteiger partial charge is 0.224 e. The van der Waals surface area contributed by atoms with E-state index in [1.807, 2.05) is 24.6 Å². The van der Waals surface area contributed by atoms with Crippen LogP contribution in [-0.2, 0) is 24.4 Å². The number of amides is 1. The molecule has 30 heavy (non-hydrogen) atoms. The van der Waals surface area contributed by atoms with Crippen LogP contribution in [0.4, 0.5) is 0 Å². The quantitative estimate of drug-likeness (QED) is 0.722. The fourth-order valence-electron chi connectivity index (χ4n) is 4.96. The molecule has 162 valence electrons. The standard InChI is InChI=1S/C23H34N6O/c1-17(2)24-23(30)22-16-28-10-9-19(22)11-21(28)15-29-14-20(25-26-29)13-27(3)12-18-7-5-4-6-8-18/h4-8,14,17,19,21-22H,9-13,15-16H2,1-3H3,(H,24,30)/t19-,21+,22+/m0/s1. The summed E-state index contributed by atoms with van der Waals surface area (Å²) in [5, 5.41) is 11.9. The Bertz CT molecular complexity index is 835. The number of nitrogens with zero attached hydrogens (tertiary/aromatic N) is 5. The Kier molecular flexibility index (Phi) is 6.49. The zero-order valence-electron chi connectivity index (χ0n) is 18.4. The molecule has 3 fully saturated rings. The van der Waals surface area contributed by atoms with E-state index in [1.54, 1.807) is 0 Å². The first kappa shape index (κ1) is 21.0. The number of hydrogen-bond donors (Lipinski definition) is 1. The molecule has 1 unspecified atom stereocenters. The molecule has 3 aliphatic heterocycles. The van der Waals surface area contributed by atoms with E-state index in [0.29, 0.717) is 12.0 Å². The van der Waals surface area contributed by atoms with E-state index >= 15 is 0 Å². The highest BCUT2D eigenvalue weighted by atomic mass is 16.2. The molecule has 7 heteroatoms. The fraction of sp³-hybridized carbons (Fsp3) is 0.609. The number of carbonyl (C=O) groups excluding carboxylic acids is 1. The highest BCUT2D eigenvalue weighted by Gasteiger charge is 2.43. The summed E-state index contributed by atoms with van der Waals surface area (Å²) in [6.45, 7) is 8.54. The summed E-state index contributed by atoms with van der Waals surface area (Å²) < 4.78 is 1.99. The molecule has 3 aliphatic rings. The highest BCUT2D eigenvalue weighted by molar-refractivity contribution is 5.79. The van der Waals surface area contributed by atoms with Gasteiger partial charge in [-0.1, -0.05) is 35.5 Å². The van der Waals surface area contributed by atoms with E-state index in [1.165, 1.54) is 5.56 Å². The van der Waals surface area contributed by atoms with Crippen molar-refractivity contribution in [2.75, 3.05) is 20.1 Å². The van der Waals surface area contributed by atoms with Crippen LogP contribution in [0.15, 0.2) is 36.5 Å². The van der Waals surface area contributed by atoms with Gasteiger partial charge in [-0.15, -0.1) is 5.10 Å². The van der Waals surface area contributed by atoms with Gasteiger partial charge >= 0.3 is 0 Å². The molecule has 0 radical (unpaired) electrons. The van der Waals surface area contributed by atoms with Gasteiger partial charge < -0.3 is 5.32 Å². The molecule has 1 aromatic heterocycles. The van der Waals surface area contributed by atoms with Crippen molar-refractivity contribution in [3.63, 3.8) is 0 Å². The summed E-state index contributed by atoms with van der Waals surface area (Å²) in [7, 11) is 2.11. The molecule has 0 spiro atoms. The van der Waals surface area contributed by atoms with Gasteiger partial charge in [0.1, 0.15) is 0 Å². The number of carbonyl (C=O) groups is 1. The van der Waals surface area contributed by atoms with Gasteiger partial charge in [-0.25, -0.2) is 0 Å². The number of aromatic nitrogens is 3. The van der Waals surface area contributed by atoms with Crippen LogP contribution in [0.5, 0.6) is 0 Å². The third-order valence-corrected chi connectivity index (χ3v) is 6.36. The van der Waals surface area contributed by atoms with Gasteiger partial charge in [-0.05, 0) is 51.8 Å². The van der Waals surface area contributed by atoms with E-state index < -0.39 is 0 Å². The zero-order valence-corrected chi connectivity index (χ0v) is 18.4. The molecule has 1 amide bonds. The molecule has 2 aromatic rings. The number of benzene rings is 1. The monoisotopic (exact) mass is 410 g/mol. The van der Waals surface area contributed by atoms with Gasteiger partial charge in [-0.3, -0.25) is 19.3 Å². The molecule has 1 aromatic carbocycles. The topological polar surface area (TPSA) is 66.3 Å². The maximum Gasteiger partial charge on any atom is 0.224 e. The van der Waals surface area contributed by atoms with Gasteiger partial charge in [0.05, 0.1) is 18.2 Å². The van der Waals surface area contributed by atoms with Crippen molar-refractivity contribution in [1.29, 1.82) is 0 Å². The predicted octanol–water partition coefficient (Wildman–Crippen LogP) is 2.15. The Morgan fingerprint density at radius 3 is 2.77 bits per heavy atom. The largest absolute Gasteiger partial charge is 0.354 e. The van der Waals surface area contributed by atoms with Crippen LogP contribution in [0.3, 0.4) is 0 Å². The van der Waals surface area contributed by atoms with Gasteiger partial charge in [-0.2, -0.15) is 0 Å². The minimum absolute atomic E-state index is 0.135. The van der Waals surface area contributed by atoms with Crippen molar-refractivity contribution < 1.29 is 4.79 Å². The van der Waals surface area contributed by atoms with Crippen LogP contribution in [0.2, 0.25) is 0 Å².